The molecule has 6 unspecified atom stereocenters. The summed E-state index contributed by atoms with van der Waals surface area (Å²) in [6.45, 7) is 0.0326. The molecule has 310 valence electrons. The van der Waals surface area contributed by atoms with Gasteiger partial charge in [0, 0.05) is 30.3 Å². The first kappa shape index (κ1) is 41.0. The van der Waals surface area contributed by atoms with Gasteiger partial charge in [0.25, 0.3) is 0 Å². The number of hydrogen-bond donors (Lipinski definition) is 3. The fourth-order valence-electron chi connectivity index (χ4n) is 12.8. The number of rotatable bonds is 10. The number of carbonyl (C=O) groups is 5. The number of amides is 2. The van der Waals surface area contributed by atoms with E-state index < -0.39 is 53.1 Å². The van der Waals surface area contributed by atoms with Gasteiger partial charge in [0.1, 0.15) is 12.1 Å². The summed E-state index contributed by atoms with van der Waals surface area (Å²) in [5.74, 6) is 1.00. The Bertz CT molecular complexity index is 1520. The third-order valence-corrected chi connectivity index (χ3v) is 15.0. The molecule has 7 rings (SSSR count). The Hall–Kier alpha value is -3.21. The van der Waals surface area contributed by atoms with Crippen molar-refractivity contribution in [1.29, 1.82) is 0 Å². The minimum atomic E-state index is -1.35. The van der Waals surface area contributed by atoms with Crippen LogP contribution in [0.2, 0.25) is 0 Å². The van der Waals surface area contributed by atoms with Gasteiger partial charge in [-0.05, 0) is 75.5 Å². The van der Waals surface area contributed by atoms with E-state index in [4.69, 9.17) is 24.7 Å². The minimum absolute atomic E-state index is 0.0714. The normalized spacial score (nSPS) is 37.9. The molecule has 1 spiro atoms. The Morgan fingerprint density at radius 2 is 1.55 bits per heavy atom. The maximum Gasteiger partial charge on any atom is 0.324 e. The molecule has 11 atom stereocenters. The van der Waals surface area contributed by atoms with Gasteiger partial charge in [-0.1, -0.05) is 57.3 Å². The molecule has 0 bridgehead atoms. The third-order valence-electron chi connectivity index (χ3n) is 15.0. The van der Waals surface area contributed by atoms with Crippen molar-refractivity contribution in [3.8, 4) is 11.8 Å². The van der Waals surface area contributed by atoms with E-state index in [9.17, 15) is 24.3 Å². The number of esters is 3. The lowest BCUT2D eigenvalue weighted by molar-refractivity contribution is -0.192. The zero-order valence-corrected chi connectivity index (χ0v) is 33.3. The van der Waals surface area contributed by atoms with Crippen LogP contribution in [-0.2, 0) is 42.9 Å². The molecule has 7 fully saturated rings. The molecule has 0 aromatic carbocycles. The molecule has 4 aliphatic carbocycles. The number of nitrogens with one attached hydrogen (secondary N) is 1. The van der Waals surface area contributed by atoms with Crippen LogP contribution >= 0.6 is 0 Å². The fourth-order valence-corrected chi connectivity index (χ4v) is 12.8. The second-order valence-electron chi connectivity index (χ2n) is 17.7. The molecule has 2 amide bonds. The standard InChI is InChI=1S/C43H63N3O10/c1-53-39(49)29(40(50)54-2)18-11-12-25-20-21-31-30(24-25)43(42(52)45-31)33(38(44)48)35-41(51)56-36(27-15-7-4-8-16-27)34(26-13-5-3-6-14-26)46(35)37(43)28-17-9-10-19-32(28)55-23-22-47/h25-37,47H,3-10,13-24H2,1-2H3,(H2,44,48)(H,45,52)/t25?,28?,30?,31?,32?,33-,34-,35-,36?,37+,43-/m0/s1. The van der Waals surface area contributed by atoms with Crippen LogP contribution in [0.4, 0.5) is 0 Å². The first-order chi connectivity index (χ1) is 27.2. The van der Waals surface area contributed by atoms with E-state index in [2.05, 4.69) is 22.1 Å². The van der Waals surface area contributed by atoms with Gasteiger partial charge in [-0.3, -0.25) is 28.9 Å². The van der Waals surface area contributed by atoms with E-state index in [0.29, 0.717) is 19.3 Å². The summed E-state index contributed by atoms with van der Waals surface area (Å²) >= 11 is 0. The summed E-state index contributed by atoms with van der Waals surface area (Å²) in [4.78, 5) is 71.5. The number of nitrogens with two attached hydrogens (primary N) is 1. The van der Waals surface area contributed by atoms with Crippen molar-refractivity contribution in [3.63, 3.8) is 0 Å². The Labute approximate surface area is 331 Å². The zero-order valence-electron chi connectivity index (χ0n) is 33.3. The number of fused-ring (bicyclic) bond motifs is 3. The first-order valence-corrected chi connectivity index (χ1v) is 21.6. The summed E-state index contributed by atoms with van der Waals surface area (Å²) in [5, 5.41) is 13.3. The molecule has 3 heterocycles. The van der Waals surface area contributed by atoms with E-state index in [1.807, 2.05) is 0 Å². The molecular formula is C43H63N3O10. The summed E-state index contributed by atoms with van der Waals surface area (Å²) in [6.07, 6.45) is 15.1. The molecule has 3 aliphatic heterocycles. The topological polar surface area (TPSA) is 184 Å². The van der Waals surface area contributed by atoms with Gasteiger partial charge >= 0.3 is 17.9 Å². The van der Waals surface area contributed by atoms with E-state index in [1.165, 1.54) is 20.6 Å². The predicted octanol–water partition coefficient (Wildman–Crippen LogP) is 3.42. The molecule has 13 heteroatoms. The molecule has 3 saturated heterocycles. The molecule has 4 N–H and O–H groups in total. The molecular weight excluding hydrogens is 718 g/mol. The van der Waals surface area contributed by atoms with Gasteiger partial charge in [0.05, 0.1) is 50.9 Å². The molecule has 7 aliphatic rings. The highest BCUT2D eigenvalue weighted by Gasteiger charge is 2.77. The van der Waals surface area contributed by atoms with E-state index >= 15 is 4.79 Å². The average molecular weight is 782 g/mol. The summed E-state index contributed by atoms with van der Waals surface area (Å²) in [6, 6.07) is -1.93. The number of primary amides is 1. The van der Waals surface area contributed by atoms with Gasteiger partial charge in [-0.25, -0.2) is 0 Å². The van der Waals surface area contributed by atoms with Gasteiger partial charge < -0.3 is 35.1 Å². The van der Waals surface area contributed by atoms with Crippen LogP contribution in [-0.4, -0.2) is 104 Å². The lowest BCUT2D eigenvalue weighted by Gasteiger charge is -2.54. The van der Waals surface area contributed by atoms with Crippen LogP contribution < -0.4 is 11.1 Å². The van der Waals surface area contributed by atoms with Crippen molar-refractivity contribution in [2.45, 2.75) is 152 Å². The second-order valence-corrected chi connectivity index (χ2v) is 17.7. The fraction of sp³-hybridized carbons (Fsp3) is 0.837. The second kappa shape index (κ2) is 17.7. The van der Waals surface area contributed by atoms with Crippen LogP contribution in [0.15, 0.2) is 0 Å². The highest BCUT2D eigenvalue weighted by molar-refractivity contribution is 5.98. The average Bonchev–Trinajstić information content (AvgIpc) is 3.70. The minimum Gasteiger partial charge on any atom is -0.468 e. The number of aliphatic hydroxyl groups is 1. The highest BCUT2D eigenvalue weighted by atomic mass is 16.6. The van der Waals surface area contributed by atoms with Crippen LogP contribution in [0, 0.1) is 58.7 Å². The zero-order chi connectivity index (χ0) is 39.6. The molecule has 4 saturated carbocycles. The number of hydrogen-bond acceptors (Lipinski definition) is 11. The van der Waals surface area contributed by atoms with Gasteiger partial charge in [-0.2, -0.15) is 0 Å². The summed E-state index contributed by atoms with van der Waals surface area (Å²) in [7, 11) is 2.43. The third kappa shape index (κ3) is 7.36. The molecule has 56 heavy (non-hydrogen) atoms. The summed E-state index contributed by atoms with van der Waals surface area (Å²) < 4.78 is 22.8. The van der Waals surface area contributed by atoms with Crippen molar-refractivity contribution in [1.82, 2.24) is 10.2 Å². The van der Waals surface area contributed by atoms with Gasteiger partial charge in [0.15, 0.2) is 5.92 Å². The Morgan fingerprint density at radius 1 is 0.911 bits per heavy atom. The van der Waals surface area contributed by atoms with Crippen molar-refractivity contribution >= 4 is 29.7 Å². The Balaban J connectivity index is 1.35. The van der Waals surface area contributed by atoms with Crippen molar-refractivity contribution < 1.29 is 48.0 Å². The van der Waals surface area contributed by atoms with Crippen LogP contribution in [0.1, 0.15) is 116 Å². The quantitative estimate of drug-likeness (QED) is 0.128. The number of ether oxygens (including phenoxy) is 4. The largest absolute Gasteiger partial charge is 0.468 e. The van der Waals surface area contributed by atoms with Crippen LogP contribution in [0.25, 0.3) is 0 Å². The maximum atomic E-state index is 15.3. The lowest BCUT2D eigenvalue weighted by Crippen LogP contribution is -2.66. The monoisotopic (exact) mass is 781 g/mol. The smallest absolute Gasteiger partial charge is 0.324 e. The molecule has 0 aromatic heterocycles. The number of methoxy groups -OCH3 is 2. The number of cyclic esters (lactones) is 1. The Kier molecular flexibility index (Phi) is 13.0. The lowest BCUT2D eigenvalue weighted by atomic mass is 9.55. The van der Waals surface area contributed by atoms with Crippen molar-refractivity contribution in [2.75, 3.05) is 27.4 Å². The SMILES string of the molecule is COC(=O)C(CC#CC1CCC2NC(=O)[C@@]3(C2C1)[C@H](C(N)=O)[C@H]1C(=O)OC(C2CCCCC2)[C@H](C2CCCCC2)N1[C@@H]3C1CCCCC1OCCO)C(=O)OC. The van der Waals surface area contributed by atoms with Crippen LogP contribution in [0.5, 0.6) is 0 Å². The molecule has 0 aromatic rings. The van der Waals surface area contributed by atoms with Gasteiger partial charge in [0.2, 0.25) is 11.8 Å². The number of carbonyl (C=O) groups excluding carboxylic acids is 5. The van der Waals surface area contributed by atoms with Crippen LogP contribution in [0.3, 0.4) is 0 Å². The Morgan fingerprint density at radius 3 is 2.20 bits per heavy atom. The summed E-state index contributed by atoms with van der Waals surface area (Å²) in [5.41, 5.74) is 5.16. The number of nitrogens with zero attached hydrogens (tertiary/aromatic N) is 1. The maximum absolute atomic E-state index is 15.3. The van der Waals surface area contributed by atoms with E-state index in [-0.39, 0.29) is 79.4 Å². The van der Waals surface area contributed by atoms with Gasteiger partial charge in [-0.15, -0.1) is 5.92 Å². The van der Waals surface area contributed by atoms with Crippen molar-refractivity contribution in [2.24, 2.45) is 52.6 Å². The predicted molar refractivity (Wildman–Crippen MR) is 203 cm³/mol. The van der Waals surface area contributed by atoms with Crippen molar-refractivity contribution in [3.05, 3.63) is 0 Å². The molecule has 13 nitrogen and oxygen atoms in total. The molecule has 0 radical (unpaired) electrons. The van der Waals surface area contributed by atoms with E-state index in [1.54, 1.807) is 0 Å². The number of morpholine rings is 1. The first-order valence-electron chi connectivity index (χ1n) is 21.6. The van der Waals surface area contributed by atoms with E-state index in [0.717, 1.165) is 83.5 Å². The highest BCUT2D eigenvalue weighted by Crippen LogP contribution is 2.64. The number of aliphatic hydroxyl groups excluding tert-OH is 1.